The van der Waals surface area contributed by atoms with Crippen LogP contribution in [0.5, 0.6) is 0 Å². The maximum absolute atomic E-state index is 13.3. The first-order valence-electron chi connectivity index (χ1n) is 10.6. The van der Waals surface area contributed by atoms with Crippen molar-refractivity contribution in [1.82, 2.24) is 9.80 Å². The van der Waals surface area contributed by atoms with Gasteiger partial charge in [0.25, 0.3) is 0 Å². The third-order valence-corrected chi connectivity index (χ3v) is 7.54. The average molecular weight is 409 g/mol. The summed E-state index contributed by atoms with van der Waals surface area (Å²) >= 11 is 12.2. The van der Waals surface area contributed by atoms with E-state index >= 15 is 0 Å². The molecule has 2 heterocycles. The highest BCUT2D eigenvalue weighted by molar-refractivity contribution is 6.42. The number of halogens is 2. The van der Waals surface area contributed by atoms with Crippen molar-refractivity contribution >= 4 is 29.1 Å². The molecule has 27 heavy (non-hydrogen) atoms. The van der Waals surface area contributed by atoms with Crippen LogP contribution in [0.25, 0.3) is 0 Å². The zero-order valence-electron chi connectivity index (χ0n) is 16.0. The Hall–Kier alpha value is -0.770. The maximum atomic E-state index is 13.3. The smallest absolute Gasteiger partial charge is 0.227 e. The van der Waals surface area contributed by atoms with Gasteiger partial charge in [-0.15, -0.1) is 0 Å². The van der Waals surface area contributed by atoms with Crippen LogP contribution in [0.3, 0.4) is 0 Å². The molecule has 2 aliphatic heterocycles. The van der Waals surface area contributed by atoms with E-state index in [1.165, 1.54) is 58.0 Å². The van der Waals surface area contributed by atoms with Gasteiger partial charge in [-0.1, -0.05) is 42.1 Å². The zero-order chi connectivity index (χ0) is 18.8. The predicted octanol–water partition coefficient (Wildman–Crippen LogP) is 5.18. The van der Waals surface area contributed by atoms with Gasteiger partial charge in [0, 0.05) is 12.6 Å². The van der Waals surface area contributed by atoms with Crippen molar-refractivity contribution in [2.45, 2.75) is 69.9 Å². The standard InChI is InChI=1S/C22H30Cl2N2O/c23-18-10-9-16(14-19(18)24)15-21(27)26-13-5-7-17-6-4-8-20(22(17)26)25-11-2-1-3-12-25/h9-10,14,17,20,22H,1-8,11-13,15H2. The second kappa shape index (κ2) is 8.71. The predicted molar refractivity (Wildman–Crippen MR) is 111 cm³/mol. The summed E-state index contributed by atoms with van der Waals surface area (Å²) in [5, 5.41) is 1.07. The fourth-order valence-electron chi connectivity index (χ4n) is 5.56. The lowest BCUT2D eigenvalue weighted by Gasteiger charge is -2.52. The number of rotatable bonds is 3. The molecule has 3 atom stereocenters. The number of piperidine rings is 2. The monoisotopic (exact) mass is 408 g/mol. The van der Waals surface area contributed by atoms with Gasteiger partial charge in [-0.25, -0.2) is 0 Å². The molecule has 3 unspecified atom stereocenters. The van der Waals surface area contributed by atoms with Gasteiger partial charge in [0.05, 0.1) is 22.5 Å². The van der Waals surface area contributed by atoms with Crippen molar-refractivity contribution in [3.63, 3.8) is 0 Å². The molecule has 1 saturated carbocycles. The van der Waals surface area contributed by atoms with Gasteiger partial charge in [0.2, 0.25) is 5.91 Å². The molecule has 2 saturated heterocycles. The highest BCUT2D eigenvalue weighted by Crippen LogP contribution is 2.39. The highest BCUT2D eigenvalue weighted by Gasteiger charge is 2.43. The van der Waals surface area contributed by atoms with Crippen molar-refractivity contribution in [2.24, 2.45) is 5.92 Å². The van der Waals surface area contributed by atoms with Crippen molar-refractivity contribution in [1.29, 1.82) is 0 Å². The van der Waals surface area contributed by atoms with E-state index in [0.717, 1.165) is 18.5 Å². The summed E-state index contributed by atoms with van der Waals surface area (Å²) in [5.41, 5.74) is 0.960. The quantitative estimate of drug-likeness (QED) is 0.687. The van der Waals surface area contributed by atoms with E-state index in [-0.39, 0.29) is 5.91 Å². The van der Waals surface area contributed by atoms with Crippen LogP contribution in [0.2, 0.25) is 10.0 Å². The Labute approximate surface area is 173 Å². The van der Waals surface area contributed by atoms with Crippen LogP contribution in [-0.2, 0) is 11.2 Å². The van der Waals surface area contributed by atoms with Gasteiger partial charge in [-0.3, -0.25) is 9.69 Å². The van der Waals surface area contributed by atoms with Gasteiger partial charge in [0.15, 0.2) is 0 Å². The second-order valence-corrected chi connectivity index (χ2v) is 9.31. The normalized spacial score (nSPS) is 29.4. The first kappa shape index (κ1) is 19.5. The molecule has 4 rings (SSSR count). The molecular formula is C22H30Cl2N2O. The molecule has 1 aromatic carbocycles. The summed E-state index contributed by atoms with van der Waals surface area (Å²) in [6.07, 6.45) is 10.7. The van der Waals surface area contributed by atoms with Crippen LogP contribution in [-0.4, -0.2) is 47.4 Å². The van der Waals surface area contributed by atoms with Crippen LogP contribution in [0.1, 0.15) is 56.9 Å². The van der Waals surface area contributed by atoms with Crippen molar-refractivity contribution < 1.29 is 4.79 Å². The topological polar surface area (TPSA) is 23.6 Å². The number of carbonyl (C=O) groups excluding carboxylic acids is 1. The van der Waals surface area contributed by atoms with E-state index in [4.69, 9.17) is 23.2 Å². The van der Waals surface area contributed by atoms with Gasteiger partial charge in [-0.2, -0.15) is 0 Å². The molecule has 1 amide bonds. The molecule has 1 aliphatic carbocycles. The van der Waals surface area contributed by atoms with Gasteiger partial charge in [-0.05, 0) is 75.2 Å². The molecule has 3 fully saturated rings. The van der Waals surface area contributed by atoms with E-state index in [0.29, 0.717) is 34.5 Å². The molecule has 148 valence electrons. The molecule has 3 nitrogen and oxygen atoms in total. The van der Waals surface area contributed by atoms with Gasteiger partial charge >= 0.3 is 0 Å². The van der Waals surface area contributed by atoms with Crippen molar-refractivity contribution in [3.8, 4) is 0 Å². The average Bonchev–Trinajstić information content (AvgIpc) is 2.70. The Bertz CT molecular complexity index is 672. The fraction of sp³-hybridized carbons (Fsp3) is 0.682. The molecule has 0 aromatic heterocycles. The lowest BCUT2D eigenvalue weighted by molar-refractivity contribution is -0.140. The Balaban J connectivity index is 1.52. The van der Waals surface area contributed by atoms with Crippen LogP contribution in [0, 0.1) is 5.92 Å². The Kier molecular flexibility index (Phi) is 6.31. The van der Waals surface area contributed by atoms with Crippen LogP contribution >= 0.6 is 23.2 Å². The molecule has 0 spiro atoms. The number of hydrogen-bond donors (Lipinski definition) is 0. The number of nitrogens with zero attached hydrogens (tertiary/aromatic N) is 2. The van der Waals surface area contributed by atoms with E-state index < -0.39 is 0 Å². The zero-order valence-corrected chi connectivity index (χ0v) is 17.5. The minimum absolute atomic E-state index is 0.256. The summed E-state index contributed by atoms with van der Waals surface area (Å²) in [6.45, 7) is 3.33. The number of amides is 1. The summed E-state index contributed by atoms with van der Waals surface area (Å²) < 4.78 is 0. The number of likely N-dealkylation sites (tertiary alicyclic amines) is 2. The Morgan fingerprint density at radius 2 is 1.70 bits per heavy atom. The third kappa shape index (κ3) is 4.31. The fourth-order valence-corrected chi connectivity index (χ4v) is 5.88. The number of hydrogen-bond acceptors (Lipinski definition) is 2. The Morgan fingerprint density at radius 3 is 2.48 bits per heavy atom. The molecule has 0 bridgehead atoms. The summed E-state index contributed by atoms with van der Waals surface area (Å²) in [6, 6.07) is 6.52. The minimum Gasteiger partial charge on any atom is -0.338 e. The summed E-state index contributed by atoms with van der Waals surface area (Å²) in [7, 11) is 0. The van der Waals surface area contributed by atoms with E-state index in [1.807, 2.05) is 12.1 Å². The van der Waals surface area contributed by atoms with E-state index in [1.54, 1.807) is 6.07 Å². The summed E-state index contributed by atoms with van der Waals surface area (Å²) in [4.78, 5) is 18.2. The van der Waals surface area contributed by atoms with Crippen molar-refractivity contribution in [3.05, 3.63) is 33.8 Å². The van der Waals surface area contributed by atoms with Gasteiger partial charge in [0.1, 0.15) is 0 Å². The SMILES string of the molecule is O=C(Cc1ccc(Cl)c(Cl)c1)N1CCCC2CCCC(N3CCCCC3)C21. The first-order chi connectivity index (χ1) is 13.1. The largest absolute Gasteiger partial charge is 0.338 e. The molecule has 3 aliphatic rings. The number of benzene rings is 1. The van der Waals surface area contributed by atoms with Crippen molar-refractivity contribution in [2.75, 3.05) is 19.6 Å². The third-order valence-electron chi connectivity index (χ3n) is 6.81. The van der Waals surface area contributed by atoms with Crippen LogP contribution in [0.15, 0.2) is 18.2 Å². The van der Waals surface area contributed by atoms with Crippen LogP contribution in [0.4, 0.5) is 0 Å². The van der Waals surface area contributed by atoms with E-state index in [9.17, 15) is 4.79 Å². The highest BCUT2D eigenvalue weighted by atomic mass is 35.5. The molecule has 0 radical (unpaired) electrons. The second-order valence-electron chi connectivity index (χ2n) is 8.50. The Morgan fingerprint density at radius 1 is 0.926 bits per heavy atom. The summed E-state index contributed by atoms with van der Waals surface area (Å²) in [5.74, 6) is 0.934. The lowest BCUT2D eigenvalue weighted by atomic mass is 9.74. The van der Waals surface area contributed by atoms with Gasteiger partial charge < -0.3 is 4.90 Å². The van der Waals surface area contributed by atoms with E-state index in [2.05, 4.69) is 9.80 Å². The lowest BCUT2D eigenvalue weighted by Crippen LogP contribution is -2.61. The number of fused-ring (bicyclic) bond motifs is 1. The molecule has 0 N–H and O–H groups in total. The molecular weight excluding hydrogens is 379 g/mol. The molecule has 1 aromatic rings. The molecule has 5 heteroatoms. The maximum Gasteiger partial charge on any atom is 0.227 e. The minimum atomic E-state index is 0.256. The van der Waals surface area contributed by atoms with Crippen LogP contribution < -0.4 is 0 Å². The number of carbonyl (C=O) groups is 1. The first-order valence-corrected chi connectivity index (χ1v) is 11.4.